The lowest BCUT2D eigenvalue weighted by Gasteiger charge is -2.32. The van der Waals surface area contributed by atoms with Gasteiger partial charge in [-0.15, -0.1) is 0 Å². The third-order valence-corrected chi connectivity index (χ3v) is 9.01. The summed E-state index contributed by atoms with van der Waals surface area (Å²) in [6.07, 6.45) is 0. The van der Waals surface area contributed by atoms with E-state index in [1.807, 2.05) is 20.8 Å². The van der Waals surface area contributed by atoms with Gasteiger partial charge in [-0.2, -0.15) is 0 Å². The van der Waals surface area contributed by atoms with E-state index >= 15 is 0 Å². The maximum Gasteiger partial charge on any atom is 0.264 e. The number of rotatable bonds is 12. The van der Waals surface area contributed by atoms with E-state index in [0.717, 1.165) is 9.87 Å². The van der Waals surface area contributed by atoms with Gasteiger partial charge < -0.3 is 19.7 Å². The number of aryl methyl sites for hydroxylation is 1. The zero-order valence-electron chi connectivity index (χ0n) is 24.4. The Morgan fingerprint density at radius 2 is 1.52 bits per heavy atom. The van der Waals surface area contributed by atoms with E-state index in [9.17, 15) is 18.0 Å². The van der Waals surface area contributed by atoms with Crippen LogP contribution in [0, 0.1) is 6.92 Å². The van der Waals surface area contributed by atoms with E-state index in [1.165, 1.54) is 43.4 Å². The molecule has 42 heavy (non-hydrogen) atoms. The van der Waals surface area contributed by atoms with Gasteiger partial charge in [0.25, 0.3) is 10.0 Å². The molecule has 0 radical (unpaired) electrons. The largest absolute Gasteiger partial charge is 0.493 e. The molecule has 0 aliphatic carbocycles. The summed E-state index contributed by atoms with van der Waals surface area (Å²) in [5, 5.41) is 3.44. The topological polar surface area (TPSA) is 105 Å². The summed E-state index contributed by atoms with van der Waals surface area (Å²) in [5.41, 5.74) is 1.66. The minimum absolute atomic E-state index is 0.00248. The Hall–Kier alpha value is -3.47. The van der Waals surface area contributed by atoms with Crippen LogP contribution >= 0.6 is 23.2 Å². The summed E-state index contributed by atoms with van der Waals surface area (Å²) in [7, 11) is -1.35. The van der Waals surface area contributed by atoms with E-state index in [0.29, 0.717) is 16.3 Å². The fraction of sp³-hybridized carbons (Fsp3) is 0.333. The maximum absolute atomic E-state index is 14.0. The van der Waals surface area contributed by atoms with Crippen molar-refractivity contribution in [1.82, 2.24) is 10.2 Å². The van der Waals surface area contributed by atoms with Crippen LogP contribution in [0.15, 0.2) is 65.6 Å². The fourth-order valence-corrected chi connectivity index (χ4v) is 5.90. The highest BCUT2D eigenvalue weighted by atomic mass is 35.5. The number of amides is 2. The van der Waals surface area contributed by atoms with Crippen LogP contribution in [-0.4, -0.2) is 58.0 Å². The van der Waals surface area contributed by atoms with Gasteiger partial charge in [0.2, 0.25) is 11.8 Å². The average molecular weight is 637 g/mol. The molecule has 1 atom stereocenters. The van der Waals surface area contributed by atoms with Crippen molar-refractivity contribution >= 4 is 50.7 Å². The predicted molar refractivity (Wildman–Crippen MR) is 165 cm³/mol. The molecule has 0 aliphatic heterocycles. The molecule has 0 bridgehead atoms. The summed E-state index contributed by atoms with van der Waals surface area (Å²) in [5.74, 6) is -0.334. The number of nitrogens with zero attached hydrogens (tertiary/aromatic N) is 2. The number of anilines is 1. The molecule has 0 saturated heterocycles. The minimum Gasteiger partial charge on any atom is -0.493 e. The Balaban J connectivity index is 2.10. The molecule has 12 heteroatoms. The molecule has 0 heterocycles. The molecule has 3 rings (SSSR count). The van der Waals surface area contributed by atoms with Gasteiger partial charge in [0.1, 0.15) is 12.6 Å². The van der Waals surface area contributed by atoms with Crippen molar-refractivity contribution in [2.24, 2.45) is 0 Å². The number of methoxy groups -OCH3 is 2. The molecule has 226 valence electrons. The number of nitrogens with one attached hydrogen (secondary N) is 1. The van der Waals surface area contributed by atoms with Gasteiger partial charge in [0.05, 0.1) is 34.8 Å². The molecule has 3 aromatic carbocycles. The number of hydrogen-bond donors (Lipinski definition) is 1. The van der Waals surface area contributed by atoms with Crippen molar-refractivity contribution in [3.63, 3.8) is 0 Å². The van der Waals surface area contributed by atoms with E-state index in [-0.39, 0.29) is 33.9 Å². The maximum atomic E-state index is 14.0. The van der Waals surface area contributed by atoms with Crippen LogP contribution in [-0.2, 0) is 26.2 Å². The van der Waals surface area contributed by atoms with Crippen molar-refractivity contribution < 1.29 is 27.5 Å². The van der Waals surface area contributed by atoms with Crippen LogP contribution in [0.2, 0.25) is 10.0 Å². The van der Waals surface area contributed by atoms with Crippen LogP contribution in [0.5, 0.6) is 11.5 Å². The van der Waals surface area contributed by atoms with Gasteiger partial charge in [0, 0.05) is 18.7 Å². The Labute approximate surface area is 257 Å². The highest BCUT2D eigenvalue weighted by Gasteiger charge is 2.33. The van der Waals surface area contributed by atoms with E-state index in [2.05, 4.69) is 5.32 Å². The second-order valence-corrected chi connectivity index (χ2v) is 12.7. The number of carbonyl (C=O) groups excluding carboxylic acids is 2. The molecular formula is C30H35Cl2N3O6S. The molecule has 3 aromatic rings. The summed E-state index contributed by atoms with van der Waals surface area (Å²) in [4.78, 5) is 28.4. The number of halogens is 2. The Kier molecular flexibility index (Phi) is 11.1. The van der Waals surface area contributed by atoms with Gasteiger partial charge in [-0.25, -0.2) is 8.42 Å². The number of hydrogen-bond acceptors (Lipinski definition) is 6. The van der Waals surface area contributed by atoms with Crippen molar-refractivity contribution in [1.29, 1.82) is 0 Å². The third-order valence-electron chi connectivity index (χ3n) is 6.48. The quantitative estimate of drug-likeness (QED) is 0.283. The van der Waals surface area contributed by atoms with Crippen LogP contribution in [0.3, 0.4) is 0 Å². The normalized spacial score (nSPS) is 12.0. The average Bonchev–Trinajstić information content (AvgIpc) is 2.95. The highest BCUT2D eigenvalue weighted by molar-refractivity contribution is 7.92. The van der Waals surface area contributed by atoms with Crippen LogP contribution in [0.25, 0.3) is 0 Å². The molecule has 0 spiro atoms. The second kappa shape index (κ2) is 14.1. The second-order valence-electron chi connectivity index (χ2n) is 9.97. The van der Waals surface area contributed by atoms with Crippen LogP contribution < -0.4 is 19.1 Å². The zero-order chi connectivity index (χ0) is 31.2. The van der Waals surface area contributed by atoms with E-state index in [4.69, 9.17) is 32.7 Å². The lowest BCUT2D eigenvalue weighted by Crippen LogP contribution is -2.52. The first-order valence-corrected chi connectivity index (χ1v) is 15.3. The molecular weight excluding hydrogens is 601 g/mol. The Morgan fingerprint density at radius 1 is 0.881 bits per heavy atom. The standard InChI is InChI=1S/C30H35Cl2N3O6S/c1-19(2)33-30(37)21(4)34(17-22-9-13-25(31)26(32)15-22)29(36)18-35(23-10-14-27(40-5)28(16-23)41-6)42(38,39)24-11-7-20(3)8-12-24/h7-16,19,21H,17-18H2,1-6H3,(H,33,37). The monoisotopic (exact) mass is 635 g/mol. The summed E-state index contributed by atoms with van der Waals surface area (Å²) < 4.78 is 39.7. The number of ether oxygens (including phenoxy) is 2. The van der Waals surface area contributed by atoms with Gasteiger partial charge in [0.15, 0.2) is 11.5 Å². The first-order valence-electron chi connectivity index (χ1n) is 13.1. The fourth-order valence-electron chi connectivity index (χ4n) is 4.17. The summed E-state index contributed by atoms with van der Waals surface area (Å²) in [6.45, 7) is 6.42. The smallest absolute Gasteiger partial charge is 0.264 e. The summed E-state index contributed by atoms with van der Waals surface area (Å²) >= 11 is 12.3. The van der Waals surface area contributed by atoms with Gasteiger partial charge in [-0.3, -0.25) is 13.9 Å². The minimum atomic E-state index is -4.24. The molecule has 1 N–H and O–H groups in total. The van der Waals surface area contributed by atoms with Gasteiger partial charge >= 0.3 is 0 Å². The number of benzene rings is 3. The Bertz CT molecular complexity index is 1530. The Morgan fingerprint density at radius 3 is 2.10 bits per heavy atom. The third kappa shape index (κ3) is 7.87. The molecule has 9 nitrogen and oxygen atoms in total. The van der Waals surface area contributed by atoms with Crippen molar-refractivity contribution in [2.45, 2.75) is 51.2 Å². The first kappa shape index (κ1) is 33.0. The van der Waals surface area contributed by atoms with Crippen LogP contribution in [0.1, 0.15) is 31.9 Å². The molecule has 1 unspecified atom stereocenters. The van der Waals surface area contributed by atoms with Crippen molar-refractivity contribution in [3.8, 4) is 11.5 Å². The molecule has 0 aliphatic rings. The first-order chi connectivity index (χ1) is 19.8. The molecule has 0 aromatic heterocycles. The van der Waals surface area contributed by atoms with Crippen molar-refractivity contribution in [2.75, 3.05) is 25.1 Å². The summed E-state index contributed by atoms with van der Waals surface area (Å²) in [6, 6.07) is 14.7. The highest BCUT2D eigenvalue weighted by Crippen LogP contribution is 2.34. The van der Waals surface area contributed by atoms with E-state index in [1.54, 1.807) is 43.3 Å². The van der Waals surface area contributed by atoms with Crippen molar-refractivity contribution in [3.05, 3.63) is 81.8 Å². The van der Waals surface area contributed by atoms with E-state index < -0.39 is 34.4 Å². The molecule has 0 fully saturated rings. The SMILES string of the molecule is COc1ccc(N(CC(=O)N(Cc2ccc(Cl)c(Cl)c2)C(C)C(=O)NC(C)C)S(=O)(=O)c2ccc(C)cc2)cc1OC. The molecule has 0 saturated carbocycles. The van der Waals surface area contributed by atoms with Gasteiger partial charge in [-0.1, -0.05) is 47.0 Å². The molecule has 2 amide bonds. The van der Waals surface area contributed by atoms with Crippen LogP contribution in [0.4, 0.5) is 5.69 Å². The zero-order valence-corrected chi connectivity index (χ0v) is 26.7. The lowest BCUT2D eigenvalue weighted by molar-refractivity contribution is -0.139. The lowest BCUT2D eigenvalue weighted by atomic mass is 10.1. The predicted octanol–water partition coefficient (Wildman–Crippen LogP) is 5.46. The van der Waals surface area contributed by atoms with Gasteiger partial charge in [-0.05, 0) is 69.7 Å². The number of sulfonamides is 1. The number of carbonyl (C=O) groups is 2.